The molecule has 3 aromatic rings. The molecule has 0 fully saturated rings. The zero-order valence-electron chi connectivity index (χ0n) is 20.5. The van der Waals surface area contributed by atoms with Crippen LogP contribution in [0.3, 0.4) is 0 Å². The number of aromatic nitrogens is 1. The Morgan fingerprint density at radius 3 is 2.44 bits per heavy atom. The molecule has 0 bridgehead atoms. The number of carboxylic acids is 1. The Morgan fingerprint density at radius 2 is 1.77 bits per heavy atom. The van der Waals surface area contributed by atoms with Gasteiger partial charge in [-0.1, -0.05) is 30.3 Å². The SMILES string of the molecule is O=CC(CC(=O)O)NC(=O)CN1C(=O)C(NC(=O)c2cc3ccccc3[nH]2)CN(C(=O)CO)c2ccccc21. The number of benzene rings is 2. The molecule has 2 unspecified atom stereocenters. The fourth-order valence-corrected chi connectivity index (χ4v) is 4.33. The van der Waals surface area contributed by atoms with E-state index in [1.165, 1.54) is 12.1 Å². The van der Waals surface area contributed by atoms with Crippen LogP contribution in [0.5, 0.6) is 0 Å². The number of carboxylic acid groups (broad SMARTS) is 1. The molecule has 202 valence electrons. The Hall–Kier alpha value is -5.04. The summed E-state index contributed by atoms with van der Waals surface area (Å²) in [6.07, 6.45) is -0.378. The van der Waals surface area contributed by atoms with E-state index < -0.39 is 61.3 Å². The average Bonchev–Trinajstić information content (AvgIpc) is 3.33. The van der Waals surface area contributed by atoms with Crippen molar-refractivity contribution in [1.29, 1.82) is 0 Å². The number of nitrogens with zero attached hydrogens (tertiary/aromatic N) is 2. The van der Waals surface area contributed by atoms with Crippen molar-refractivity contribution < 1.29 is 39.0 Å². The number of aldehydes is 1. The average molecular weight is 536 g/mol. The highest BCUT2D eigenvalue weighted by molar-refractivity contribution is 6.11. The van der Waals surface area contributed by atoms with E-state index in [1.54, 1.807) is 42.5 Å². The molecule has 13 nitrogen and oxygen atoms in total. The Bertz CT molecular complexity index is 1420. The number of amides is 4. The summed E-state index contributed by atoms with van der Waals surface area (Å²) in [5.74, 6) is -4.26. The minimum absolute atomic E-state index is 0.141. The van der Waals surface area contributed by atoms with E-state index in [1.807, 2.05) is 0 Å². The summed E-state index contributed by atoms with van der Waals surface area (Å²) < 4.78 is 0. The molecule has 1 aliphatic heterocycles. The Labute approximate surface area is 221 Å². The van der Waals surface area contributed by atoms with E-state index in [9.17, 15) is 33.9 Å². The van der Waals surface area contributed by atoms with Crippen LogP contribution >= 0.6 is 0 Å². The molecule has 2 atom stereocenters. The number of aliphatic hydroxyl groups is 1. The van der Waals surface area contributed by atoms with Gasteiger partial charge in [0.25, 0.3) is 17.7 Å². The first-order valence-corrected chi connectivity index (χ1v) is 11.9. The van der Waals surface area contributed by atoms with E-state index in [2.05, 4.69) is 15.6 Å². The third kappa shape index (κ3) is 5.93. The molecule has 0 saturated heterocycles. The fourth-order valence-electron chi connectivity index (χ4n) is 4.33. The Morgan fingerprint density at radius 1 is 1.08 bits per heavy atom. The highest BCUT2D eigenvalue weighted by Gasteiger charge is 2.38. The van der Waals surface area contributed by atoms with Gasteiger partial charge in [0, 0.05) is 10.9 Å². The number of para-hydroxylation sites is 3. The smallest absolute Gasteiger partial charge is 0.305 e. The van der Waals surface area contributed by atoms with E-state index in [0.29, 0.717) is 5.52 Å². The molecule has 2 heterocycles. The van der Waals surface area contributed by atoms with Crippen molar-refractivity contribution in [1.82, 2.24) is 15.6 Å². The number of anilines is 2. The summed E-state index contributed by atoms with van der Waals surface area (Å²) in [6.45, 7) is -1.85. The van der Waals surface area contributed by atoms with Crippen molar-refractivity contribution in [2.24, 2.45) is 0 Å². The first-order chi connectivity index (χ1) is 18.7. The molecule has 5 N–H and O–H groups in total. The van der Waals surface area contributed by atoms with Gasteiger partial charge in [0.05, 0.1) is 30.4 Å². The van der Waals surface area contributed by atoms with Gasteiger partial charge in [-0.15, -0.1) is 0 Å². The lowest BCUT2D eigenvalue weighted by atomic mass is 10.2. The monoisotopic (exact) mass is 535 g/mol. The quantitative estimate of drug-likeness (QED) is 0.233. The van der Waals surface area contributed by atoms with Crippen LogP contribution in [0, 0.1) is 0 Å². The third-order valence-electron chi connectivity index (χ3n) is 6.12. The van der Waals surface area contributed by atoms with Crippen LogP contribution in [0.15, 0.2) is 54.6 Å². The van der Waals surface area contributed by atoms with E-state index >= 15 is 0 Å². The van der Waals surface area contributed by atoms with E-state index in [4.69, 9.17) is 5.11 Å². The lowest BCUT2D eigenvalue weighted by molar-refractivity contribution is -0.139. The van der Waals surface area contributed by atoms with Crippen molar-refractivity contribution in [3.8, 4) is 0 Å². The predicted molar refractivity (Wildman–Crippen MR) is 138 cm³/mol. The standard InChI is InChI=1S/C26H25N5O8/c32-13-16(10-24(36)37)27-22(34)12-31-21-8-4-3-7-20(21)30(23(35)14-33)11-19(26(31)39)29-25(38)18-9-15-5-1-2-6-17(15)28-18/h1-9,13,16,19,28,33H,10-12,14H2,(H,27,34)(H,29,38)(H,36,37). The summed E-state index contributed by atoms with van der Waals surface area (Å²) in [5, 5.41) is 24.2. The fraction of sp³-hybridized carbons (Fsp3) is 0.231. The van der Waals surface area contributed by atoms with Gasteiger partial charge in [0.1, 0.15) is 31.2 Å². The number of aliphatic carboxylic acids is 1. The zero-order valence-corrected chi connectivity index (χ0v) is 20.5. The predicted octanol–water partition coefficient (Wildman–Crippen LogP) is -0.203. The first-order valence-electron chi connectivity index (χ1n) is 11.9. The van der Waals surface area contributed by atoms with Gasteiger partial charge < -0.3 is 35.5 Å². The van der Waals surface area contributed by atoms with Gasteiger partial charge in [0.2, 0.25) is 5.91 Å². The van der Waals surface area contributed by atoms with Crippen molar-refractivity contribution in [3.63, 3.8) is 0 Å². The molecule has 4 rings (SSSR count). The number of nitrogens with one attached hydrogen (secondary N) is 3. The number of rotatable bonds is 9. The van der Waals surface area contributed by atoms with Crippen molar-refractivity contribution in [2.45, 2.75) is 18.5 Å². The number of carbonyl (C=O) groups is 6. The number of hydrogen-bond donors (Lipinski definition) is 5. The molecule has 4 amide bonds. The molecule has 2 aromatic carbocycles. The van der Waals surface area contributed by atoms with Crippen LogP contribution in [0.1, 0.15) is 16.9 Å². The summed E-state index contributed by atoms with van der Waals surface area (Å²) in [4.78, 5) is 79.7. The lowest BCUT2D eigenvalue weighted by Crippen LogP contribution is -2.55. The number of carbonyl (C=O) groups excluding carboxylic acids is 5. The van der Waals surface area contributed by atoms with Crippen LogP contribution in [-0.4, -0.2) is 82.9 Å². The van der Waals surface area contributed by atoms with Crippen molar-refractivity contribution in [3.05, 3.63) is 60.3 Å². The molecule has 0 spiro atoms. The maximum absolute atomic E-state index is 13.7. The molecule has 0 aliphatic carbocycles. The summed E-state index contributed by atoms with van der Waals surface area (Å²) in [6, 6.07) is 12.3. The summed E-state index contributed by atoms with van der Waals surface area (Å²) in [7, 11) is 0. The van der Waals surface area contributed by atoms with Gasteiger partial charge in [-0.05, 0) is 24.3 Å². The number of fused-ring (bicyclic) bond motifs is 2. The van der Waals surface area contributed by atoms with E-state index in [0.717, 1.165) is 15.2 Å². The van der Waals surface area contributed by atoms with Crippen LogP contribution < -0.4 is 20.4 Å². The van der Waals surface area contributed by atoms with Crippen molar-refractivity contribution in [2.75, 3.05) is 29.5 Å². The molecule has 13 heteroatoms. The molecule has 0 radical (unpaired) electrons. The minimum Gasteiger partial charge on any atom is -0.481 e. The van der Waals surface area contributed by atoms with Crippen LogP contribution in [-0.2, 0) is 24.0 Å². The molecule has 39 heavy (non-hydrogen) atoms. The molecular formula is C26H25N5O8. The van der Waals surface area contributed by atoms with Crippen molar-refractivity contribution >= 4 is 58.2 Å². The molecular weight excluding hydrogens is 510 g/mol. The van der Waals surface area contributed by atoms with Gasteiger partial charge in [-0.25, -0.2) is 0 Å². The molecule has 0 saturated carbocycles. The second-order valence-electron chi connectivity index (χ2n) is 8.78. The Balaban J connectivity index is 1.66. The lowest BCUT2D eigenvalue weighted by Gasteiger charge is -2.25. The number of hydrogen-bond acceptors (Lipinski definition) is 7. The van der Waals surface area contributed by atoms with Crippen LogP contribution in [0.2, 0.25) is 0 Å². The first kappa shape index (κ1) is 27.0. The topological polar surface area (TPSA) is 189 Å². The maximum Gasteiger partial charge on any atom is 0.305 e. The maximum atomic E-state index is 13.7. The second-order valence-corrected chi connectivity index (χ2v) is 8.78. The number of H-pyrrole nitrogens is 1. The Kier molecular flexibility index (Phi) is 8.01. The molecule has 1 aromatic heterocycles. The summed E-state index contributed by atoms with van der Waals surface area (Å²) in [5.41, 5.74) is 1.21. The van der Waals surface area contributed by atoms with Gasteiger partial charge in [-0.2, -0.15) is 0 Å². The molecule has 1 aliphatic rings. The summed E-state index contributed by atoms with van der Waals surface area (Å²) >= 11 is 0. The highest BCUT2D eigenvalue weighted by Crippen LogP contribution is 2.33. The third-order valence-corrected chi connectivity index (χ3v) is 6.12. The van der Waals surface area contributed by atoms with Gasteiger partial charge >= 0.3 is 5.97 Å². The van der Waals surface area contributed by atoms with Gasteiger partial charge in [0.15, 0.2) is 0 Å². The highest BCUT2D eigenvalue weighted by atomic mass is 16.4. The largest absolute Gasteiger partial charge is 0.481 e. The van der Waals surface area contributed by atoms with E-state index in [-0.39, 0.29) is 29.9 Å². The van der Waals surface area contributed by atoms with Crippen LogP contribution in [0.25, 0.3) is 10.9 Å². The number of aromatic amines is 1. The normalized spacial score (nSPS) is 15.7. The van der Waals surface area contributed by atoms with Gasteiger partial charge in [-0.3, -0.25) is 28.9 Å². The van der Waals surface area contributed by atoms with Crippen LogP contribution in [0.4, 0.5) is 11.4 Å². The number of aliphatic hydroxyl groups excluding tert-OH is 1. The zero-order chi connectivity index (χ0) is 28.1. The second kappa shape index (κ2) is 11.6. The minimum atomic E-state index is -1.33.